The third kappa shape index (κ3) is 5.15. The summed E-state index contributed by atoms with van der Waals surface area (Å²) in [5.41, 5.74) is 1.99. The number of hydrogen-bond acceptors (Lipinski definition) is 6. The molecule has 30 heavy (non-hydrogen) atoms. The van der Waals surface area contributed by atoms with Crippen molar-refractivity contribution in [3.8, 4) is 17.2 Å². The minimum atomic E-state index is -3.68. The SMILES string of the molecule is COc1ccc(CNC(=O)C(C)N(c2cccc(C)c2)S(C)(=O)=O)c(OC)c1OC. The molecule has 0 aromatic heterocycles. The molecular weight excluding hydrogens is 408 g/mol. The van der Waals surface area contributed by atoms with Crippen LogP contribution in [0.5, 0.6) is 17.2 Å². The van der Waals surface area contributed by atoms with Crippen LogP contribution >= 0.6 is 0 Å². The molecule has 8 nitrogen and oxygen atoms in total. The van der Waals surface area contributed by atoms with Crippen molar-refractivity contribution in [3.63, 3.8) is 0 Å². The first-order valence-electron chi connectivity index (χ1n) is 9.25. The highest BCUT2D eigenvalue weighted by atomic mass is 32.2. The Kier molecular flexibility index (Phi) is 7.55. The van der Waals surface area contributed by atoms with Gasteiger partial charge < -0.3 is 19.5 Å². The molecule has 1 atom stereocenters. The molecule has 9 heteroatoms. The highest BCUT2D eigenvalue weighted by molar-refractivity contribution is 7.92. The number of amides is 1. The molecule has 0 saturated heterocycles. The van der Waals surface area contributed by atoms with E-state index >= 15 is 0 Å². The van der Waals surface area contributed by atoms with E-state index in [0.717, 1.165) is 16.1 Å². The van der Waals surface area contributed by atoms with Crippen LogP contribution in [0, 0.1) is 6.92 Å². The largest absolute Gasteiger partial charge is 0.493 e. The number of methoxy groups -OCH3 is 3. The van der Waals surface area contributed by atoms with Crippen LogP contribution in [0.4, 0.5) is 5.69 Å². The fourth-order valence-corrected chi connectivity index (χ4v) is 4.37. The first kappa shape index (κ1) is 23.3. The van der Waals surface area contributed by atoms with E-state index in [9.17, 15) is 13.2 Å². The Morgan fingerprint density at radius 1 is 1.07 bits per heavy atom. The fraction of sp³-hybridized carbons (Fsp3) is 0.381. The summed E-state index contributed by atoms with van der Waals surface area (Å²) in [6.45, 7) is 3.53. The van der Waals surface area contributed by atoms with Gasteiger partial charge in [-0.1, -0.05) is 12.1 Å². The molecule has 0 bridgehead atoms. The first-order valence-corrected chi connectivity index (χ1v) is 11.1. The van der Waals surface area contributed by atoms with Crippen molar-refractivity contribution >= 4 is 21.6 Å². The molecule has 1 unspecified atom stereocenters. The predicted octanol–water partition coefficient (Wildman–Crippen LogP) is 2.49. The van der Waals surface area contributed by atoms with Gasteiger partial charge in [0.1, 0.15) is 6.04 Å². The third-order valence-electron chi connectivity index (χ3n) is 4.58. The number of nitrogens with one attached hydrogen (secondary N) is 1. The molecule has 1 N–H and O–H groups in total. The van der Waals surface area contributed by atoms with Gasteiger partial charge in [-0.05, 0) is 43.7 Å². The number of aryl methyl sites for hydroxylation is 1. The topological polar surface area (TPSA) is 94.2 Å². The standard InChI is InChI=1S/C21H28N2O6S/c1-14-8-7-9-17(12-14)23(30(6,25)26)15(2)21(24)22-13-16-10-11-18(27-3)20(29-5)19(16)28-4/h7-12,15H,13H2,1-6H3,(H,22,24). The lowest BCUT2D eigenvalue weighted by molar-refractivity contribution is -0.122. The summed E-state index contributed by atoms with van der Waals surface area (Å²) >= 11 is 0. The molecule has 2 aromatic carbocycles. The van der Waals surface area contributed by atoms with E-state index < -0.39 is 22.0 Å². The van der Waals surface area contributed by atoms with Gasteiger partial charge in [-0.15, -0.1) is 0 Å². The van der Waals surface area contributed by atoms with Crippen molar-refractivity contribution in [3.05, 3.63) is 47.5 Å². The molecule has 0 aliphatic carbocycles. The summed E-state index contributed by atoms with van der Waals surface area (Å²) in [5, 5.41) is 2.78. The molecule has 0 heterocycles. The number of sulfonamides is 1. The number of carbonyl (C=O) groups excluding carboxylic acids is 1. The van der Waals surface area contributed by atoms with Crippen LogP contribution in [0.3, 0.4) is 0 Å². The monoisotopic (exact) mass is 436 g/mol. The van der Waals surface area contributed by atoms with Gasteiger partial charge in [0.25, 0.3) is 0 Å². The van der Waals surface area contributed by atoms with Crippen LogP contribution in [0.15, 0.2) is 36.4 Å². The second-order valence-electron chi connectivity index (χ2n) is 6.79. The summed E-state index contributed by atoms with van der Waals surface area (Å²) in [4.78, 5) is 12.8. The maximum absolute atomic E-state index is 12.8. The molecule has 0 aliphatic rings. The Labute approximate surface area is 177 Å². The zero-order valence-corrected chi connectivity index (χ0v) is 18.9. The lowest BCUT2D eigenvalue weighted by Gasteiger charge is -2.28. The molecule has 0 fully saturated rings. The Bertz CT molecular complexity index is 1010. The molecule has 0 saturated carbocycles. The van der Waals surface area contributed by atoms with Crippen molar-refractivity contribution in [1.29, 1.82) is 0 Å². The van der Waals surface area contributed by atoms with E-state index in [1.54, 1.807) is 37.3 Å². The molecule has 0 radical (unpaired) electrons. The van der Waals surface area contributed by atoms with Gasteiger partial charge in [0.2, 0.25) is 21.7 Å². The van der Waals surface area contributed by atoms with E-state index in [1.807, 2.05) is 13.0 Å². The molecular formula is C21H28N2O6S. The van der Waals surface area contributed by atoms with Crippen LogP contribution in [-0.2, 0) is 21.4 Å². The highest BCUT2D eigenvalue weighted by Crippen LogP contribution is 2.39. The van der Waals surface area contributed by atoms with E-state index in [-0.39, 0.29) is 6.54 Å². The molecule has 2 aromatic rings. The van der Waals surface area contributed by atoms with Crippen LogP contribution in [0.1, 0.15) is 18.1 Å². The van der Waals surface area contributed by atoms with Crippen LogP contribution in [-0.4, -0.2) is 48.0 Å². The van der Waals surface area contributed by atoms with Gasteiger partial charge >= 0.3 is 0 Å². The lowest BCUT2D eigenvalue weighted by atomic mass is 10.1. The zero-order valence-electron chi connectivity index (χ0n) is 18.1. The Morgan fingerprint density at radius 3 is 2.27 bits per heavy atom. The van der Waals surface area contributed by atoms with Gasteiger partial charge in [-0.3, -0.25) is 9.10 Å². The zero-order chi connectivity index (χ0) is 22.5. The maximum atomic E-state index is 12.8. The summed E-state index contributed by atoms with van der Waals surface area (Å²) in [7, 11) is 0.827. The number of carbonyl (C=O) groups is 1. The van der Waals surface area contributed by atoms with Gasteiger partial charge in [-0.25, -0.2) is 8.42 Å². The smallest absolute Gasteiger partial charge is 0.243 e. The third-order valence-corrected chi connectivity index (χ3v) is 5.83. The summed E-state index contributed by atoms with van der Waals surface area (Å²) in [6, 6.07) is 9.51. The molecule has 0 aliphatic heterocycles. The number of rotatable bonds is 9. The number of ether oxygens (including phenoxy) is 3. The predicted molar refractivity (Wildman–Crippen MR) is 116 cm³/mol. The van der Waals surface area contributed by atoms with Gasteiger partial charge in [0.05, 0.1) is 33.3 Å². The van der Waals surface area contributed by atoms with Crippen molar-refractivity contribution < 1.29 is 27.4 Å². The number of nitrogens with zero attached hydrogens (tertiary/aromatic N) is 1. The minimum Gasteiger partial charge on any atom is -0.493 e. The average molecular weight is 437 g/mol. The van der Waals surface area contributed by atoms with Crippen molar-refractivity contribution in [1.82, 2.24) is 5.32 Å². The molecule has 1 amide bonds. The first-order chi connectivity index (χ1) is 14.1. The minimum absolute atomic E-state index is 0.123. The second-order valence-corrected chi connectivity index (χ2v) is 8.64. The quantitative estimate of drug-likeness (QED) is 0.649. The molecule has 0 spiro atoms. The van der Waals surface area contributed by atoms with Gasteiger partial charge in [0.15, 0.2) is 11.5 Å². The van der Waals surface area contributed by atoms with Gasteiger partial charge in [0, 0.05) is 12.1 Å². The van der Waals surface area contributed by atoms with Crippen LogP contribution in [0.2, 0.25) is 0 Å². The van der Waals surface area contributed by atoms with Crippen molar-refractivity contribution in [2.75, 3.05) is 31.9 Å². The maximum Gasteiger partial charge on any atom is 0.243 e. The van der Waals surface area contributed by atoms with E-state index in [4.69, 9.17) is 14.2 Å². The Balaban J connectivity index is 2.26. The summed E-state index contributed by atoms with van der Waals surface area (Å²) in [5.74, 6) is 0.903. The number of anilines is 1. The number of hydrogen-bond donors (Lipinski definition) is 1. The van der Waals surface area contributed by atoms with E-state index in [1.165, 1.54) is 21.3 Å². The van der Waals surface area contributed by atoms with Crippen molar-refractivity contribution in [2.24, 2.45) is 0 Å². The van der Waals surface area contributed by atoms with Crippen LogP contribution in [0.25, 0.3) is 0 Å². The van der Waals surface area contributed by atoms with Gasteiger partial charge in [-0.2, -0.15) is 0 Å². The second kappa shape index (κ2) is 9.71. The molecule has 164 valence electrons. The van der Waals surface area contributed by atoms with Crippen molar-refractivity contribution in [2.45, 2.75) is 26.4 Å². The summed E-state index contributed by atoms with van der Waals surface area (Å²) in [6.07, 6.45) is 1.08. The Hall–Kier alpha value is -2.94. The lowest BCUT2D eigenvalue weighted by Crippen LogP contribution is -2.47. The summed E-state index contributed by atoms with van der Waals surface area (Å²) < 4.78 is 42.0. The van der Waals surface area contributed by atoms with E-state index in [0.29, 0.717) is 28.5 Å². The normalized spacial score (nSPS) is 12.1. The highest BCUT2D eigenvalue weighted by Gasteiger charge is 2.29. The number of benzene rings is 2. The molecule has 2 rings (SSSR count). The fourth-order valence-electron chi connectivity index (χ4n) is 3.21. The average Bonchev–Trinajstić information content (AvgIpc) is 2.70. The van der Waals surface area contributed by atoms with E-state index in [2.05, 4.69) is 5.32 Å². The van der Waals surface area contributed by atoms with Crippen LogP contribution < -0.4 is 23.8 Å². The Morgan fingerprint density at radius 2 is 1.73 bits per heavy atom.